The Balaban J connectivity index is 1.17. The van der Waals surface area contributed by atoms with Crippen LogP contribution in [0, 0.1) is 12.8 Å². The number of piperidine rings is 1. The molecule has 5 rings (SSSR count). The molecule has 39 heavy (non-hydrogen) atoms. The summed E-state index contributed by atoms with van der Waals surface area (Å²) >= 11 is 1.65. The van der Waals surface area contributed by atoms with Crippen molar-refractivity contribution < 1.29 is 26.9 Å². The van der Waals surface area contributed by atoms with Crippen LogP contribution in [0.3, 0.4) is 0 Å². The zero-order valence-corrected chi connectivity index (χ0v) is 23.3. The summed E-state index contributed by atoms with van der Waals surface area (Å²) in [7, 11) is -3.92. The molecule has 3 heterocycles. The Kier molecular flexibility index (Phi) is 8.61. The summed E-state index contributed by atoms with van der Waals surface area (Å²) in [5.74, 6) is 0.448. The molecular weight excluding hydrogens is 538 g/mol. The van der Waals surface area contributed by atoms with Crippen LogP contribution in [0.2, 0.25) is 0 Å². The number of benzene rings is 2. The van der Waals surface area contributed by atoms with Crippen LogP contribution in [0.25, 0.3) is 23.3 Å². The molecule has 4 aromatic rings. The Morgan fingerprint density at radius 3 is 2.67 bits per heavy atom. The van der Waals surface area contributed by atoms with Crippen molar-refractivity contribution in [3.8, 4) is 5.75 Å². The molecule has 2 aromatic carbocycles. The third-order valence-electron chi connectivity index (χ3n) is 6.42. The molecule has 0 saturated carbocycles. The number of oxazole rings is 1. The highest BCUT2D eigenvalue weighted by molar-refractivity contribution is 7.86. The average Bonchev–Trinajstić information content (AvgIpc) is 3.59. The highest BCUT2D eigenvalue weighted by Gasteiger charge is 2.19. The van der Waals surface area contributed by atoms with Crippen molar-refractivity contribution in [2.45, 2.75) is 31.1 Å². The summed E-state index contributed by atoms with van der Waals surface area (Å²) in [6.07, 6.45) is 9.35. The molecule has 9 nitrogen and oxygen atoms in total. The molecule has 1 unspecified atom stereocenters. The van der Waals surface area contributed by atoms with Crippen molar-refractivity contribution in [2.24, 2.45) is 5.92 Å². The lowest BCUT2D eigenvalue weighted by molar-refractivity contribution is 0.118. The molecule has 1 N–H and O–H groups in total. The number of anilines is 1. The smallest absolute Gasteiger partial charge is 0.296 e. The largest absolute Gasteiger partial charge is 0.493 e. The molecule has 11 heteroatoms. The topological polar surface area (TPSA) is 115 Å². The SMILES string of the molecule is Cc1ccc(S(=O)(=O)OCC(CO)COc2ccc3nc(/C=C/c4cnc(N5CCCCC5)s4)oc3c2)cc1. The monoisotopic (exact) mass is 569 g/mol. The Morgan fingerprint density at radius 2 is 1.90 bits per heavy atom. The first-order chi connectivity index (χ1) is 18.9. The molecule has 0 aliphatic carbocycles. The lowest BCUT2D eigenvalue weighted by Gasteiger charge is -2.25. The molecule has 0 spiro atoms. The number of hydrogen-bond donors (Lipinski definition) is 1. The second-order valence-corrected chi connectivity index (χ2v) is 12.2. The van der Waals surface area contributed by atoms with Gasteiger partial charge in [0.1, 0.15) is 11.3 Å². The van der Waals surface area contributed by atoms with E-state index < -0.39 is 16.0 Å². The quantitative estimate of drug-likeness (QED) is 0.245. The predicted molar refractivity (Wildman–Crippen MR) is 152 cm³/mol. The van der Waals surface area contributed by atoms with Crippen molar-refractivity contribution >= 4 is 49.8 Å². The van der Waals surface area contributed by atoms with Gasteiger partial charge in [-0.1, -0.05) is 29.0 Å². The van der Waals surface area contributed by atoms with Gasteiger partial charge in [0, 0.05) is 42.2 Å². The van der Waals surface area contributed by atoms with Crippen molar-refractivity contribution in [2.75, 3.05) is 37.8 Å². The maximum atomic E-state index is 12.4. The van der Waals surface area contributed by atoms with Gasteiger partial charge in [-0.2, -0.15) is 8.42 Å². The zero-order chi connectivity index (χ0) is 27.2. The number of aliphatic hydroxyl groups excluding tert-OH is 1. The number of thiazole rings is 1. The summed E-state index contributed by atoms with van der Waals surface area (Å²) < 4.78 is 41.7. The standard InChI is InChI=1S/C28H31N3O6S2/c1-20-5-9-24(10-6-20)39(33,34)36-19-21(17-32)18-35-22-7-11-25-26(15-22)37-27(30-25)12-8-23-16-29-28(38-23)31-13-3-2-4-14-31/h5-12,15-16,21,32H,2-4,13-14,17-19H2,1H3/b12-8+. The molecule has 1 saturated heterocycles. The minimum atomic E-state index is -3.92. The van der Waals surface area contributed by atoms with E-state index in [0.717, 1.165) is 28.7 Å². The van der Waals surface area contributed by atoms with E-state index in [9.17, 15) is 13.5 Å². The predicted octanol–water partition coefficient (Wildman–Crippen LogP) is 5.15. The Hall–Kier alpha value is -3.25. The maximum absolute atomic E-state index is 12.4. The van der Waals surface area contributed by atoms with Crippen LogP contribution in [0.1, 0.15) is 35.6 Å². The highest BCUT2D eigenvalue weighted by Crippen LogP contribution is 2.28. The average molecular weight is 570 g/mol. The summed E-state index contributed by atoms with van der Waals surface area (Å²) in [6, 6.07) is 11.7. The van der Waals surface area contributed by atoms with Gasteiger partial charge in [-0.3, -0.25) is 4.18 Å². The first-order valence-electron chi connectivity index (χ1n) is 12.9. The molecule has 1 aliphatic rings. The fraction of sp³-hybridized carbons (Fsp3) is 0.357. The number of aromatic nitrogens is 2. The van der Waals surface area contributed by atoms with Crippen molar-refractivity contribution in [1.82, 2.24) is 9.97 Å². The fourth-order valence-electron chi connectivity index (χ4n) is 4.15. The number of fused-ring (bicyclic) bond motifs is 1. The van der Waals surface area contributed by atoms with Crippen LogP contribution in [0.15, 0.2) is 58.0 Å². The normalized spacial score (nSPS) is 15.3. The van der Waals surface area contributed by atoms with Gasteiger partial charge in [-0.15, -0.1) is 0 Å². The summed E-state index contributed by atoms with van der Waals surface area (Å²) in [5.41, 5.74) is 2.19. The first-order valence-corrected chi connectivity index (χ1v) is 15.1. The molecule has 206 valence electrons. The van der Waals surface area contributed by atoms with Crippen LogP contribution >= 0.6 is 11.3 Å². The van der Waals surface area contributed by atoms with Gasteiger partial charge in [0.15, 0.2) is 10.7 Å². The minimum absolute atomic E-state index is 0.0665. The number of rotatable bonds is 11. The summed E-state index contributed by atoms with van der Waals surface area (Å²) in [4.78, 5) is 12.5. The van der Waals surface area contributed by atoms with Gasteiger partial charge in [-0.05, 0) is 56.5 Å². The van der Waals surface area contributed by atoms with Crippen LogP contribution in [-0.2, 0) is 14.3 Å². The lowest BCUT2D eigenvalue weighted by Crippen LogP contribution is -2.29. The Labute approximate surface area is 231 Å². The van der Waals surface area contributed by atoms with Gasteiger partial charge >= 0.3 is 0 Å². The number of aliphatic hydroxyl groups is 1. The van der Waals surface area contributed by atoms with Crippen LogP contribution in [0.5, 0.6) is 5.75 Å². The van der Waals surface area contributed by atoms with E-state index >= 15 is 0 Å². The van der Waals surface area contributed by atoms with E-state index in [1.165, 1.54) is 31.4 Å². The molecular formula is C28H31N3O6S2. The van der Waals surface area contributed by atoms with Gasteiger partial charge in [0.2, 0.25) is 5.89 Å². The van der Waals surface area contributed by atoms with E-state index in [1.54, 1.807) is 41.7 Å². The zero-order valence-electron chi connectivity index (χ0n) is 21.7. The Morgan fingerprint density at radius 1 is 1.10 bits per heavy atom. The van der Waals surface area contributed by atoms with E-state index in [4.69, 9.17) is 13.3 Å². The minimum Gasteiger partial charge on any atom is -0.493 e. The van der Waals surface area contributed by atoms with Gasteiger partial charge in [0.25, 0.3) is 10.1 Å². The van der Waals surface area contributed by atoms with Gasteiger partial charge < -0.3 is 19.2 Å². The number of nitrogens with zero attached hydrogens (tertiary/aromatic N) is 3. The second-order valence-electron chi connectivity index (χ2n) is 9.52. The van der Waals surface area contributed by atoms with Crippen LogP contribution in [0.4, 0.5) is 5.13 Å². The van der Waals surface area contributed by atoms with Crippen molar-refractivity contribution in [3.05, 3.63) is 65.0 Å². The third kappa shape index (κ3) is 7.04. The molecule has 2 aromatic heterocycles. The molecule has 0 amide bonds. The first kappa shape index (κ1) is 27.3. The van der Waals surface area contributed by atoms with Crippen molar-refractivity contribution in [1.29, 1.82) is 0 Å². The lowest BCUT2D eigenvalue weighted by atomic mass is 10.1. The molecule has 0 radical (unpaired) electrons. The van der Waals surface area contributed by atoms with Crippen LogP contribution < -0.4 is 9.64 Å². The number of hydrogen-bond acceptors (Lipinski definition) is 10. The summed E-state index contributed by atoms with van der Waals surface area (Å²) in [5, 5.41) is 10.8. The number of ether oxygens (including phenoxy) is 1. The fourth-order valence-corrected chi connectivity index (χ4v) is 6.00. The highest BCUT2D eigenvalue weighted by atomic mass is 32.2. The van der Waals surface area contributed by atoms with E-state index in [2.05, 4.69) is 14.9 Å². The van der Waals surface area contributed by atoms with Gasteiger partial charge in [0.05, 0.1) is 24.7 Å². The molecule has 0 bridgehead atoms. The Bertz CT molecular complexity index is 1520. The van der Waals surface area contributed by atoms with E-state index in [-0.39, 0.29) is 24.7 Å². The molecule has 1 aliphatic heterocycles. The van der Waals surface area contributed by atoms with E-state index in [0.29, 0.717) is 22.7 Å². The molecule has 1 atom stereocenters. The number of aryl methyl sites for hydroxylation is 1. The molecule has 1 fully saturated rings. The van der Waals surface area contributed by atoms with E-state index in [1.807, 2.05) is 25.3 Å². The maximum Gasteiger partial charge on any atom is 0.296 e. The second kappa shape index (κ2) is 12.3. The third-order valence-corrected chi connectivity index (χ3v) is 8.74. The van der Waals surface area contributed by atoms with Crippen LogP contribution in [-0.4, -0.2) is 56.4 Å². The summed E-state index contributed by atoms with van der Waals surface area (Å²) in [6.45, 7) is 3.56. The van der Waals surface area contributed by atoms with Crippen molar-refractivity contribution in [3.63, 3.8) is 0 Å². The van der Waals surface area contributed by atoms with Gasteiger partial charge in [-0.25, -0.2) is 9.97 Å².